The molecule has 0 spiro atoms. The van der Waals surface area contributed by atoms with Gasteiger partial charge in [0.1, 0.15) is 11.7 Å². The summed E-state index contributed by atoms with van der Waals surface area (Å²) >= 11 is 1.46. The van der Waals surface area contributed by atoms with Crippen LogP contribution in [0.2, 0.25) is 0 Å². The Bertz CT molecular complexity index is 583. The Morgan fingerprint density at radius 2 is 2.33 bits per heavy atom. The predicted molar refractivity (Wildman–Crippen MR) is 75.7 cm³/mol. The molecule has 21 heavy (non-hydrogen) atoms. The highest BCUT2D eigenvalue weighted by Crippen LogP contribution is 2.37. The Kier molecular flexibility index (Phi) is 4.51. The maximum Gasteiger partial charge on any atom is 0.327 e. The molecule has 1 unspecified atom stereocenters. The van der Waals surface area contributed by atoms with Crippen LogP contribution in [0.5, 0.6) is 5.75 Å². The number of halogens is 1. The van der Waals surface area contributed by atoms with Gasteiger partial charge in [-0.05, 0) is 0 Å². The molecule has 1 atom stereocenters. The Labute approximate surface area is 123 Å². The van der Waals surface area contributed by atoms with Crippen molar-refractivity contribution >= 4 is 29.1 Å². The molecule has 0 bridgehead atoms. The van der Waals surface area contributed by atoms with Crippen molar-refractivity contribution in [2.75, 3.05) is 30.1 Å². The van der Waals surface area contributed by atoms with Crippen molar-refractivity contribution in [1.29, 1.82) is 0 Å². The van der Waals surface area contributed by atoms with Crippen molar-refractivity contribution in [3.8, 4) is 5.75 Å². The van der Waals surface area contributed by atoms with E-state index in [2.05, 4.69) is 0 Å². The Balaban J connectivity index is 2.53. The first-order valence-electron chi connectivity index (χ1n) is 6.04. The lowest BCUT2D eigenvalue weighted by Gasteiger charge is -2.34. The number of rotatable bonds is 4. The first kappa shape index (κ1) is 15.4. The van der Waals surface area contributed by atoms with E-state index in [0.717, 1.165) is 6.07 Å². The molecule has 0 amide bonds. The molecule has 7 nitrogen and oxygen atoms in total. The molecule has 1 aliphatic rings. The van der Waals surface area contributed by atoms with Crippen LogP contribution in [0.3, 0.4) is 0 Å². The zero-order valence-corrected chi connectivity index (χ0v) is 11.9. The van der Waals surface area contributed by atoms with Crippen LogP contribution in [0.25, 0.3) is 0 Å². The number of thioether (sulfide) groups is 1. The SMILES string of the molecule is COc1cc(N2CCSCC2C(=O)O)c([N+](=O)[O-])cc1F. The molecule has 0 radical (unpaired) electrons. The number of ether oxygens (including phenoxy) is 1. The lowest BCUT2D eigenvalue weighted by atomic mass is 10.1. The lowest BCUT2D eigenvalue weighted by molar-refractivity contribution is -0.384. The average molecular weight is 316 g/mol. The first-order valence-corrected chi connectivity index (χ1v) is 7.20. The summed E-state index contributed by atoms with van der Waals surface area (Å²) in [6.07, 6.45) is 0. The molecule has 1 heterocycles. The van der Waals surface area contributed by atoms with Gasteiger partial charge in [-0.1, -0.05) is 0 Å². The number of methoxy groups -OCH3 is 1. The third kappa shape index (κ3) is 3.02. The molecule has 0 aliphatic carbocycles. The summed E-state index contributed by atoms with van der Waals surface area (Å²) < 4.78 is 18.5. The number of hydrogen-bond acceptors (Lipinski definition) is 6. The summed E-state index contributed by atoms with van der Waals surface area (Å²) in [6, 6.07) is 1.05. The van der Waals surface area contributed by atoms with E-state index in [1.807, 2.05) is 0 Å². The Morgan fingerprint density at radius 3 is 2.90 bits per heavy atom. The maximum absolute atomic E-state index is 13.6. The van der Waals surface area contributed by atoms with Crippen LogP contribution < -0.4 is 9.64 Å². The van der Waals surface area contributed by atoms with Gasteiger partial charge in [0.25, 0.3) is 5.69 Å². The molecule has 1 aliphatic heterocycles. The van der Waals surface area contributed by atoms with E-state index in [1.54, 1.807) is 0 Å². The molecule has 0 aromatic heterocycles. The largest absolute Gasteiger partial charge is 0.494 e. The predicted octanol–water partition coefficient (Wildman–Crippen LogP) is 1.75. The fourth-order valence-corrected chi connectivity index (χ4v) is 3.20. The van der Waals surface area contributed by atoms with Crippen molar-refractivity contribution in [3.05, 3.63) is 28.1 Å². The number of carboxylic acid groups (broad SMARTS) is 1. The number of hydrogen-bond donors (Lipinski definition) is 1. The molecule has 1 aromatic carbocycles. The lowest BCUT2D eigenvalue weighted by Crippen LogP contribution is -2.47. The van der Waals surface area contributed by atoms with Gasteiger partial charge in [0.05, 0.1) is 18.1 Å². The second-order valence-corrected chi connectivity index (χ2v) is 5.50. The van der Waals surface area contributed by atoms with Crippen LogP contribution in [-0.4, -0.2) is 47.2 Å². The molecule has 0 saturated carbocycles. The molecule has 114 valence electrons. The third-order valence-corrected chi connectivity index (χ3v) is 4.19. The molecular formula is C12H13FN2O5S. The van der Waals surface area contributed by atoms with E-state index in [-0.39, 0.29) is 11.4 Å². The minimum Gasteiger partial charge on any atom is -0.494 e. The number of nitro groups is 1. The number of nitrogens with zero attached hydrogens (tertiary/aromatic N) is 2. The third-order valence-electron chi connectivity index (χ3n) is 3.17. The van der Waals surface area contributed by atoms with Gasteiger partial charge in [-0.2, -0.15) is 11.8 Å². The monoisotopic (exact) mass is 316 g/mol. The van der Waals surface area contributed by atoms with Gasteiger partial charge in [-0.25, -0.2) is 9.18 Å². The van der Waals surface area contributed by atoms with Crippen molar-refractivity contribution in [3.63, 3.8) is 0 Å². The van der Waals surface area contributed by atoms with Gasteiger partial charge in [-0.15, -0.1) is 0 Å². The summed E-state index contributed by atoms with van der Waals surface area (Å²) in [4.78, 5) is 23.1. The Morgan fingerprint density at radius 1 is 1.62 bits per heavy atom. The number of carbonyl (C=O) groups is 1. The summed E-state index contributed by atoms with van der Waals surface area (Å²) in [7, 11) is 1.24. The van der Waals surface area contributed by atoms with Gasteiger partial charge in [-0.3, -0.25) is 10.1 Å². The van der Waals surface area contributed by atoms with E-state index >= 15 is 0 Å². The summed E-state index contributed by atoms with van der Waals surface area (Å²) in [5.74, 6) is -1.13. The van der Waals surface area contributed by atoms with Crippen LogP contribution in [0.4, 0.5) is 15.8 Å². The van der Waals surface area contributed by atoms with E-state index in [1.165, 1.54) is 29.8 Å². The molecule has 1 fully saturated rings. The average Bonchev–Trinajstić information content (AvgIpc) is 2.46. The number of anilines is 1. The van der Waals surface area contributed by atoms with E-state index in [0.29, 0.717) is 18.1 Å². The van der Waals surface area contributed by atoms with Crippen LogP contribution in [0.1, 0.15) is 0 Å². The molecule has 1 aromatic rings. The standard InChI is InChI=1S/C12H13FN2O5S/c1-20-11-5-8(9(15(18)19)4-7(11)13)14-2-3-21-6-10(14)12(16)17/h4-5,10H,2-3,6H2,1H3,(H,16,17). The number of carboxylic acids is 1. The normalized spacial score (nSPS) is 18.4. The highest BCUT2D eigenvalue weighted by Gasteiger charge is 2.34. The second-order valence-electron chi connectivity index (χ2n) is 4.35. The van der Waals surface area contributed by atoms with Crippen molar-refractivity contribution in [2.45, 2.75) is 6.04 Å². The van der Waals surface area contributed by atoms with Crippen molar-refractivity contribution < 1.29 is 24.0 Å². The van der Waals surface area contributed by atoms with E-state index in [4.69, 9.17) is 4.74 Å². The smallest absolute Gasteiger partial charge is 0.327 e. The van der Waals surface area contributed by atoms with Gasteiger partial charge >= 0.3 is 5.97 Å². The maximum atomic E-state index is 13.6. The zero-order valence-electron chi connectivity index (χ0n) is 11.1. The summed E-state index contributed by atoms with van der Waals surface area (Å²) in [6.45, 7) is 0.331. The topological polar surface area (TPSA) is 92.9 Å². The second kappa shape index (κ2) is 6.17. The molecular weight excluding hydrogens is 303 g/mol. The van der Waals surface area contributed by atoms with Gasteiger partial charge < -0.3 is 14.7 Å². The highest BCUT2D eigenvalue weighted by atomic mass is 32.2. The summed E-state index contributed by atoms with van der Waals surface area (Å²) in [5.41, 5.74) is -0.405. The quantitative estimate of drug-likeness (QED) is 0.668. The number of benzene rings is 1. The molecule has 1 N–H and O–H groups in total. The first-order chi connectivity index (χ1) is 9.95. The minimum absolute atomic E-state index is 0.0611. The van der Waals surface area contributed by atoms with Gasteiger partial charge in [0, 0.05) is 24.1 Å². The van der Waals surface area contributed by atoms with Crippen molar-refractivity contribution in [1.82, 2.24) is 0 Å². The van der Waals surface area contributed by atoms with Gasteiger partial charge in [0.15, 0.2) is 11.6 Å². The van der Waals surface area contributed by atoms with Crippen molar-refractivity contribution in [2.24, 2.45) is 0 Å². The molecule has 1 saturated heterocycles. The van der Waals surface area contributed by atoms with Crippen LogP contribution in [0, 0.1) is 15.9 Å². The van der Waals surface area contributed by atoms with Gasteiger partial charge in [0.2, 0.25) is 0 Å². The highest BCUT2D eigenvalue weighted by molar-refractivity contribution is 7.99. The fourth-order valence-electron chi connectivity index (χ4n) is 2.16. The van der Waals surface area contributed by atoms with E-state index < -0.39 is 28.4 Å². The zero-order chi connectivity index (χ0) is 15.6. The number of nitro benzene ring substituents is 1. The fraction of sp³-hybridized carbons (Fsp3) is 0.417. The van der Waals surface area contributed by atoms with E-state index in [9.17, 15) is 24.4 Å². The summed E-state index contributed by atoms with van der Waals surface area (Å²) in [5, 5.41) is 20.4. The minimum atomic E-state index is -1.07. The molecule has 2 rings (SSSR count). The van der Waals surface area contributed by atoms with Crippen LogP contribution in [-0.2, 0) is 4.79 Å². The molecule has 9 heteroatoms. The van der Waals surface area contributed by atoms with Crippen LogP contribution >= 0.6 is 11.8 Å². The Hall–Kier alpha value is -2.03. The van der Waals surface area contributed by atoms with Crippen LogP contribution in [0.15, 0.2) is 12.1 Å². The number of aliphatic carboxylic acids is 1.